The Balaban J connectivity index is 1.68. The van der Waals surface area contributed by atoms with Gasteiger partial charge in [-0.2, -0.15) is 0 Å². The second-order valence-corrected chi connectivity index (χ2v) is 6.76. The van der Waals surface area contributed by atoms with Gasteiger partial charge in [0, 0.05) is 39.3 Å². The molecule has 0 aromatic rings. The molecule has 2 heterocycles. The van der Waals surface area contributed by atoms with Crippen LogP contribution in [-0.2, 0) is 14.3 Å². The van der Waals surface area contributed by atoms with Gasteiger partial charge in [-0.15, -0.1) is 0 Å². The number of amides is 2. The van der Waals surface area contributed by atoms with Crippen molar-refractivity contribution in [2.45, 2.75) is 32.2 Å². The summed E-state index contributed by atoms with van der Waals surface area (Å²) in [5, 5.41) is 2.66. The lowest BCUT2D eigenvalue weighted by molar-refractivity contribution is -0.143. The van der Waals surface area contributed by atoms with Gasteiger partial charge in [-0.05, 0) is 18.8 Å². The number of carbonyl (C=O) groups is 2. The third-order valence-corrected chi connectivity index (χ3v) is 5.55. The Morgan fingerprint density at radius 3 is 2.45 bits per heavy atom. The molecule has 2 saturated heterocycles. The summed E-state index contributed by atoms with van der Waals surface area (Å²) >= 11 is 0. The SMILES string of the molecule is CC[C@@H]1CN(C(=O)C2(C(=O)NC)CC2)C[C@H]1N1CCOCC1. The van der Waals surface area contributed by atoms with Gasteiger partial charge in [-0.25, -0.2) is 0 Å². The number of hydrogen-bond donors (Lipinski definition) is 1. The summed E-state index contributed by atoms with van der Waals surface area (Å²) < 4.78 is 5.44. The first-order valence-electron chi connectivity index (χ1n) is 8.45. The second kappa shape index (κ2) is 6.16. The van der Waals surface area contributed by atoms with Crippen LogP contribution in [0.15, 0.2) is 0 Å². The first-order valence-corrected chi connectivity index (χ1v) is 8.45. The largest absolute Gasteiger partial charge is 0.379 e. The zero-order valence-electron chi connectivity index (χ0n) is 13.6. The van der Waals surface area contributed by atoms with E-state index in [-0.39, 0.29) is 11.8 Å². The van der Waals surface area contributed by atoms with Crippen molar-refractivity contribution in [2.75, 3.05) is 46.4 Å². The molecule has 2 aliphatic heterocycles. The highest BCUT2D eigenvalue weighted by Crippen LogP contribution is 2.48. The Hall–Kier alpha value is -1.14. The van der Waals surface area contributed by atoms with Crippen LogP contribution in [0.1, 0.15) is 26.2 Å². The van der Waals surface area contributed by atoms with Gasteiger partial charge in [0.2, 0.25) is 11.8 Å². The van der Waals surface area contributed by atoms with E-state index in [4.69, 9.17) is 4.74 Å². The van der Waals surface area contributed by atoms with Crippen molar-refractivity contribution < 1.29 is 14.3 Å². The minimum Gasteiger partial charge on any atom is -0.379 e. The van der Waals surface area contributed by atoms with Gasteiger partial charge < -0.3 is 15.0 Å². The van der Waals surface area contributed by atoms with E-state index in [9.17, 15) is 9.59 Å². The summed E-state index contributed by atoms with van der Waals surface area (Å²) in [6, 6.07) is 0.415. The predicted molar refractivity (Wildman–Crippen MR) is 82.3 cm³/mol. The zero-order valence-corrected chi connectivity index (χ0v) is 13.6. The van der Waals surface area contributed by atoms with Crippen LogP contribution >= 0.6 is 0 Å². The average molecular weight is 309 g/mol. The van der Waals surface area contributed by atoms with Crippen molar-refractivity contribution in [1.82, 2.24) is 15.1 Å². The number of rotatable bonds is 4. The van der Waals surface area contributed by atoms with Crippen LogP contribution in [0.25, 0.3) is 0 Å². The molecule has 0 unspecified atom stereocenters. The topological polar surface area (TPSA) is 61.9 Å². The first kappa shape index (κ1) is 15.7. The standard InChI is InChI=1S/C16H27N3O3/c1-3-12-10-19(11-13(12)18-6-8-22-9-7-18)15(21)16(4-5-16)14(20)17-2/h12-13H,3-11H2,1-2H3,(H,17,20)/t12-,13-/m1/s1. The van der Waals surface area contributed by atoms with E-state index >= 15 is 0 Å². The van der Waals surface area contributed by atoms with Crippen LogP contribution in [0.2, 0.25) is 0 Å². The minimum absolute atomic E-state index is 0.0426. The van der Waals surface area contributed by atoms with Gasteiger partial charge in [0.15, 0.2) is 0 Å². The minimum atomic E-state index is -0.757. The van der Waals surface area contributed by atoms with Gasteiger partial charge in [0.1, 0.15) is 5.41 Å². The summed E-state index contributed by atoms with van der Waals surface area (Å²) in [5.74, 6) is 0.434. The average Bonchev–Trinajstić information content (AvgIpc) is 3.27. The lowest BCUT2D eigenvalue weighted by Gasteiger charge is -2.34. The molecule has 124 valence electrons. The molecule has 1 N–H and O–H groups in total. The van der Waals surface area contributed by atoms with E-state index < -0.39 is 5.41 Å². The monoisotopic (exact) mass is 309 g/mol. The van der Waals surface area contributed by atoms with Gasteiger partial charge in [-0.3, -0.25) is 14.5 Å². The molecule has 0 radical (unpaired) electrons. The number of carbonyl (C=O) groups excluding carboxylic acids is 2. The quantitative estimate of drug-likeness (QED) is 0.747. The second-order valence-electron chi connectivity index (χ2n) is 6.76. The summed E-state index contributed by atoms with van der Waals surface area (Å²) in [7, 11) is 1.62. The molecule has 0 spiro atoms. The Morgan fingerprint density at radius 1 is 1.23 bits per heavy atom. The molecule has 1 aliphatic carbocycles. The highest BCUT2D eigenvalue weighted by molar-refractivity contribution is 6.07. The molecule has 22 heavy (non-hydrogen) atoms. The fourth-order valence-electron chi connectivity index (χ4n) is 3.95. The summed E-state index contributed by atoms with van der Waals surface area (Å²) in [4.78, 5) is 29.3. The van der Waals surface area contributed by atoms with E-state index in [2.05, 4.69) is 17.1 Å². The molecule has 0 aromatic carbocycles. The zero-order chi connectivity index (χ0) is 15.7. The fraction of sp³-hybridized carbons (Fsp3) is 0.875. The third kappa shape index (κ3) is 2.63. The molecule has 6 heteroatoms. The molecule has 0 aromatic heterocycles. The Morgan fingerprint density at radius 2 is 1.91 bits per heavy atom. The van der Waals surface area contributed by atoms with E-state index in [1.807, 2.05) is 4.90 Å². The van der Waals surface area contributed by atoms with Crippen LogP contribution in [0.5, 0.6) is 0 Å². The summed E-state index contributed by atoms with van der Waals surface area (Å²) in [5.41, 5.74) is -0.757. The molecule has 1 saturated carbocycles. The Bertz CT molecular complexity index is 444. The van der Waals surface area contributed by atoms with Gasteiger partial charge in [0.25, 0.3) is 0 Å². The third-order valence-electron chi connectivity index (χ3n) is 5.55. The number of hydrogen-bond acceptors (Lipinski definition) is 4. The summed E-state index contributed by atoms with van der Waals surface area (Å²) in [6.07, 6.45) is 2.46. The van der Waals surface area contributed by atoms with Crippen LogP contribution in [0.4, 0.5) is 0 Å². The highest BCUT2D eigenvalue weighted by atomic mass is 16.5. The first-order chi connectivity index (χ1) is 10.6. The maximum absolute atomic E-state index is 12.8. The molecule has 3 rings (SSSR count). The molecule has 6 nitrogen and oxygen atoms in total. The molecular formula is C16H27N3O3. The van der Waals surface area contributed by atoms with E-state index in [1.54, 1.807) is 7.05 Å². The van der Waals surface area contributed by atoms with E-state index in [1.165, 1.54) is 0 Å². The molecule has 3 aliphatic rings. The molecule has 2 amide bonds. The molecule has 2 atom stereocenters. The number of nitrogens with one attached hydrogen (secondary N) is 1. The maximum atomic E-state index is 12.8. The maximum Gasteiger partial charge on any atom is 0.238 e. The van der Waals surface area contributed by atoms with Gasteiger partial charge >= 0.3 is 0 Å². The van der Waals surface area contributed by atoms with Crippen molar-refractivity contribution in [1.29, 1.82) is 0 Å². The van der Waals surface area contributed by atoms with Crippen LogP contribution < -0.4 is 5.32 Å². The van der Waals surface area contributed by atoms with E-state index in [0.29, 0.717) is 24.8 Å². The van der Waals surface area contributed by atoms with Crippen molar-refractivity contribution in [3.63, 3.8) is 0 Å². The number of ether oxygens (including phenoxy) is 1. The Kier molecular flexibility index (Phi) is 4.41. The predicted octanol–water partition coefficient (Wildman–Crippen LogP) is 0.0818. The summed E-state index contributed by atoms with van der Waals surface area (Å²) in [6.45, 7) is 7.20. The van der Waals surface area contributed by atoms with Crippen LogP contribution in [-0.4, -0.2) is 74.1 Å². The van der Waals surface area contributed by atoms with Crippen molar-refractivity contribution in [3.8, 4) is 0 Å². The lowest BCUT2D eigenvalue weighted by atomic mass is 9.99. The fourth-order valence-corrected chi connectivity index (χ4v) is 3.95. The molecule has 0 bridgehead atoms. The molecular weight excluding hydrogens is 282 g/mol. The van der Waals surface area contributed by atoms with Crippen molar-refractivity contribution >= 4 is 11.8 Å². The number of morpholine rings is 1. The number of nitrogens with zero attached hydrogens (tertiary/aromatic N) is 2. The van der Waals surface area contributed by atoms with Crippen LogP contribution in [0.3, 0.4) is 0 Å². The number of likely N-dealkylation sites (tertiary alicyclic amines) is 1. The Labute approximate surface area is 132 Å². The van der Waals surface area contributed by atoms with Crippen LogP contribution in [0, 0.1) is 11.3 Å². The van der Waals surface area contributed by atoms with Gasteiger partial charge in [-0.1, -0.05) is 13.3 Å². The van der Waals surface area contributed by atoms with Crippen molar-refractivity contribution in [3.05, 3.63) is 0 Å². The van der Waals surface area contributed by atoms with Gasteiger partial charge in [0.05, 0.1) is 13.2 Å². The normalized spacial score (nSPS) is 31.1. The van der Waals surface area contributed by atoms with E-state index in [0.717, 1.165) is 45.8 Å². The molecule has 3 fully saturated rings. The smallest absolute Gasteiger partial charge is 0.238 e. The lowest BCUT2D eigenvalue weighted by Crippen LogP contribution is -2.48. The van der Waals surface area contributed by atoms with Crippen molar-refractivity contribution in [2.24, 2.45) is 11.3 Å². The highest BCUT2D eigenvalue weighted by Gasteiger charge is 2.58.